The van der Waals surface area contributed by atoms with Gasteiger partial charge in [-0.1, -0.05) is 90.8 Å². The first-order valence-corrected chi connectivity index (χ1v) is 11.9. The van der Waals surface area contributed by atoms with Gasteiger partial charge in [0.15, 0.2) is 0 Å². The van der Waals surface area contributed by atoms with Crippen molar-refractivity contribution in [2.24, 2.45) is 0 Å². The molecule has 0 radical (unpaired) electrons. The van der Waals surface area contributed by atoms with Gasteiger partial charge >= 0.3 is 0 Å². The van der Waals surface area contributed by atoms with Gasteiger partial charge in [0, 0.05) is 38.3 Å². The molecule has 0 bridgehead atoms. The molecule has 2 nitrogen and oxygen atoms in total. The number of para-hydroxylation sites is 2. The van der Waals surface area contributed by atoms with E-state index in [1.54, 1.807) is 18.2 Å². The van der Waals surface area contributed by atoms with Gasteiger partial charge in [-0.2, -0.15) is 0 Å². The Morgan fingerprint density at radius 3 is 2.08 bits per heavy atom. The zero-order chi connectivity index (χ0) is 37.2. The van der Waals surface area contributed by atoms with E-state index >= 15 is 0 Å². The fourth-order valence-corrected chi connectivity index (χ4v) is 4.88. The lowest BCUT2D eigenvalue weighted by atomic mass is 10.0. The second-order valence-corrected chi connectivity index (χ2v) is 8.82. The zero-order valence-corrected chi connectivity index (χ0v) is 19.6. The Morgan fingerprint density at radius 2 is 1.18 bits per heavy atom. The van der Waals surface area contributed by atoms with Crippen molar-refractivity contribution in [3.8, 4) is 27.9 Å². The fraction of sp³-hybridized carbons (Fsp3) is 0. The molecule has 0 aliphatic rings. The van der Waals surface area contributed by atoms with Crippen molar-refractivity contribution in [3.05, 3.63) is 139 Å². The molecule has 0 atom stereocenters. The molecule has 8 aromatic rings. The van der Waals surface area contributed by atoms with E-state index in [0.29, 0.717) is 5.69 Å². The zero-order valence-electron chi connectivity index (χ0n) is 33.6. The van der Waals surface area contributed by atoms with Crippen LogP contribution in [0.5, 0.6) is 0 Å². The summed E-state index contributed by atoms with van der Waals surface area (Å²) >= 11 is 0. The lowest BCUT2D eigenvalue weighted by Gasteiger charge is -2.11. The van der Waals surface area contributed by atoms with E-state index in [9.17, 15) is 5.48 Å². The molecular weight excluding hydrogens is 460 g/mol. The van der Waals surface area contributed by atoms with Crippen LogP contribution in [0.3, 0.4) is 0 Å². The summed E-state index contributed by atoms with van der Waals surface area (Å²) in [5.74, 6) is 0. The Balaban J connectivity index is 1.56. The summed E-state index contributed by atoms with van der Waals surface area (Å²) in [6.45, 7) is 0. The smallest absolute Gasteiger partial charge is 0.0645 e. The SMILES string of the molecule is [2H]c1c([2H])c([2H])c2c([nH]c3c([2H])c([2H])c(-c4c([2H])c([2H])c5c(c4[2H])c4c([2H])c([2H])c([2H])c([2H])c4n5-c4cccc(-c5ccccc5)c4)c([2H])c32)c1[2H]. The highest BCUT2D eigenvalue weighted by atomic mass is 15.0. The van der Waals surface area contributed by atoms with Crippen molar-refractivity contribution in [3.63, 3.8) is 0 Å². The molecule has 0 fully saturated rings. The molecule has 38 heavy (non-hydrogen) atoms. The number of H-pyrrole nitrogens is 1. The van der Waals surface area contributed by atoms with Crippen LogP contribution < -0.4 is 0 Å². The van der Waals surface area contributed by atoms with Gasteiger partial charge in [-0.25, -0.2) is 0 Å². The molecule has 0 saturated heterocycles. The Kier molecular flexibility index (Phi) is 2.50. The van der Waals surface area contributed by atoms with Crippen molar-refractivity contribution in [1.82, 2.24) is 9.55 Å². The Labute approximate surface area is 240 Å². The molecule has 6 aromatic carbocycles. The Morgan fingerprint density at radius 1 is 0.500 bits per heavy atom. The molecule has 0 unspecified atom stereocenters. The van der Waals surface area contributed by atoms with Crippen LogP contribution in [0, 0.1) is 0 Å². The molecule has 2 heterocycles. The number of fused-ring (bicyclic) bond motifs is 6. The third-order valence-electron chi connectivity index (χ3n) is 6.62. The van der Waals surface area contributed by atoms with Crippen LogP contribution >= 0.6 is 0 Å². The minimum atomic E-state index is -0.599. The number of nitrogens with zero attached hydrogens (tertiary/aromatic N) is 1. The van der Waals surface area contributed by atoms with Gasteiger partial charge in [0.05, 0.1) is 30.2 Å². The lowest BCUT2D eigenvalue weighted by Crippen LogP contribution is -1.94. The first-order chi connectivity index (χ1) is 24.7. The highest BCUT2D eigenvalue weighted by Gasteiger charge is 2.14. The number of nitrogens with one attached hydrogen (secondary N) is 1. The minimum Gasteiger partial charge on any atom is -0.355 e. The quantitative estimate of drug-likeness (QED) is 0.250. The third kappa shape index (κ3) is 3.21. The van der Waals surface area contributed by atoms with Crippen LogP contribution in [0.1, 0.15) is 19.2 Å². The summed E-state index contributed by atoms with van der Waals surface area (Å²) in [5.41, 5.74) is 0.949. The summed E-state index contributed by atoms with van der Waals surface area (Å²) in [6, 6.07) is 9.21. The Hall–Kier alpha value is -5.08. The molecule has 0 spiro atoms. The maximum absolute atomic E-state index is 9.55. The number of aromatic nitrogens is 2. The molecule has 178 valence electrons. The fourth-order valence-electron chi connectivity index (χ4n) is 4.88. The monoisotopic (exact) mass is 498 g/mol. The first-order valence-electron chi connectivity index (χ1n) is 18.9. The molecule has 0 aliphatic carbocycles. The predicted molar refractivity (Wildman–Crippen MR) is 161 cm³/mol. The number of hydrogen-bond acceptors (Lipinski definition) is 0. The summed E-state index contributed by atoms with van der Waals surface area (Å²) in [5, 5.41) is -0.438. The molecule has 0 saturated carbocycles. The molecule has 0 amide bonds. The van der Waals surface area contributed by atoms with Gasteiger partial charge in [0.25, 0.3) is 0 Å². The van der Waals surface area contributed by atoms with Crippen molar-refractivity contribution >= 4 is 43.6 Å². The van der Waals surface area contributed by atoms with Gasteiger partial charge in [-0.15, -0.1) is 0 Å². The van der Waals surface area contributed by atoms with Crippen LogP contribution in [0.4, 0.5) is 0 Å². The van der Waals surface area contributed by atoms with Crippen LogP contribution in [0.2, 0.25) is 0 Å². The second-order valence-electron chi connectivity index (χ2n) is 8.82. The van der Waals surface area contributed by atoms with E-state index in [-0.39, 0.29) is 43.6 Å². The van der Waals surface area contributed by atoms with Gasteiger partial charge in [0.1, 0.15) is 0 Å². The molecule has 2 heteroatoms. The Bertz CT molecular complexity index is 2890. The summed E-state index contributed by atoms with van der Waals surface area (Å²) in [4.78, 5) is 2.78. The van der Waals surface area contributed by atoms with Crippen molar-refractivity contribution in [2.45, 2.75) is 0 Å². The highest BCUT2D eigenvalue weighted by molar-refractivity contribution is 6.11. The van der Waals surface area contributed by atoms with Crippen molar-refractivity contribution in [2.75, 3.05) is 0 Å². The number of hydrogen-bond donors (Lipinski definition) is 1. The van der Waals surface area contributed by atoms with Gasteiger partial charge in [-0.05, 0) is 70.6 Å². The van der Waals surface area contributed by atoms with Gasteiger partial charge in [0.2, 0.25) is 0 Å². The lowest BCUT2D eigenvalue weighted by molar-refractivity contribution is 1.18. The third-order valence-corrected chi connectivity index (χ3v) is 6.62. The molecule has 2 aromatic heterocycles. The molecule has 8 rings (SSSR count). The van der Waals surface area contributed by atoms with E-state index in [2.05, 4.69) is 4.98 Å². The van der Waals surface area contributed by atoms with E-state index in [1.165, 1.54) is 4.57 Å². The average Bonchev–Trinajstić information content (AvgIpc) is 3.73. The standard InChI is InChI=1S/C36H24N2/c1-2-9-24(10-3-1)25-11-8-12-28(21-25)38-35-16-7-5-14-30(35)32-23-27(18-20-36(32)38)26-17-19-34-31(22-26)29-13-4-6-15-33(29)37-34/h1-23,37H/i4D,5D,6D,7D,13D,14D,15D,16D,17D,18D,19D,20D,22D,23D. The second kappa shape index (κ2) is 8.22. The molecule has 1 N–H and O–H groups in total. The normalized spacial score (nSPS) is 16.8. The number of rotatable bonds is 3. The van der Waals surface area contributed by atoms with Crippen molar-refractivity contribution < 1.29 is 19.2 Å². The van der Waals surface area contributed by atoms with E-state index < -0.39 is 95.7 Å². The van der Waals surface area contributed by atoms with Gasteiger partial charge in [-0.3, -0.25) is 0 Å². The first kappa shape index (κ1) is 11.5. The van der Waals surface area contributed by atoms with E-state index in [1.807, 2.05) is 36.4 Å². The van der Waals surface area contributed by atoms with Gasteiger partial charge < -0.3 is 9.55 Å². The molecular formula is C36H24N2. The summed E-state index contributed by atoms with van der Waals surface area (Å²) < 4.78 is 125. The maximum Gasteiger partial charge on any atom is 0.0645 e. The van der Waals surface area contributed by atoms with Crippen LogP contribution in [0.15, 0.2) is 139 Å². The topological polar surface area (TPSA) is 20.7 Å². The van der Waals surface area contributed by atoms with Crippen LogP contribution in [-0.2, 0) is 0 Å². The van der Waals surface area contributed by atoms with Crippen LogP contribution in [0.25, 0.3) is 71.6 Å². The largest absolute Gasteiger partial charge is 0.355 e. The highest BCUT2D eigenvalue weighted by Crippen LogP contribution is 2.37. The van der Waals surface area contributed by atoms with E-state index in [4.69, 9.17) is 13.7 Å². The average molecular weight is 499 g/mol. The predicted octanol–water partition coefficient (Wildman–Crippen LogP) is 9.75. The van der Waals surface area contributed by atoms with Crippen LogP contribution in [-0.4, -0.2) is 9.55 Å². The molecule has 0 aliphatic heterocycles. The van der Waals surface area contributed by atoms with Crippen molar-refractivity contribution in [1.29, 1.82) is 0 Å². The minimum absolute atomic E-state index is 0.0359. The summed E-state index contributed by atoms with van der Waals surface area (Å²) in [6.07, 6.45) is 0. The number of aromatic amines is 1. The van der Waals surface area contributed by atoms with E-state index in [0.717, 1.165) is 11.1 Å². The number of benzene rings is 6. The maximum atomic E-state index is 9.55. The summed E-state index contributed by atoms with van der Waals surface area (Å²) in [7, 11) is 0.